The van der Waals surface area contributed by atoms with E-state index in [9.17, 15) is 9.59 Å². The molecule has 1 fully saturated rings. The van der Waals surface area contributed by atoms with Gasteiger partial charge in [-0.2, -0.15) is 0 Å². The van der Waals surface area contributed by atoms with Gasteiger partial charge < -0.3 is 4.57 Å². The number of amides is 2. The molecule has 4 aromatic rings. The van der Waals surface area contributed by atoms with E-state index in [1.165, 1.54) is 0 Å². The molecule has 1 aliphatic heterocycles. The zero-order chi connectivity index (χ0) is 22.4. The molecule has 1 saturated heterocycles. The molecule has 0 unspecified atom stereocenters. The van der Waals surface area contributed by atoms with Gasteiger partial charge in [-0.15, -0.1) is 0 Å². The van der Waals surface area contributed by atoms with Gasteiger partial charge in [-0.25, -0.2) is 0 Å². The normalized spacial score (nSPS) is 15.0. The molecule has 0 atom stereocenters. The van der Waals surface area contributed by atoms with Crippen molar-refractivity contribution in [2.24, 2.45) is 0 Å². The largest absolute Gasteiger partial charge is 0.309 e. The Balaban J connectivity index is 1.88. The fourth-order valence-electron chi connectivity index (χ4n) is 3.75. The summed E-state index contributed by atoms with van der Waals surface area (Å²) < 4.78 is 2.06. The van der Waals surface area contributed by atoms with Crippen molar-refractivity contribution in [3.63, 3.8) is 0 Å². The maximum absolute atomic E-state index is 12.3. The number of hydrogen-bond acceptors (Lipinski definition) is 3. The second kappa shape index (κ2) is 8.34. The number of rotatable bonds is 3. The van der Waals surface area contributed by atoms with Crippen LogP contribution in [0.5, 0.6) is 0 Å². The van der Waals surface area contributed by atoms with Gasteiger partial charge >= 0.3 is 0 Å². The maximum atomic E-state index is 12.3. The molecule has 5 rings (SSSR count). The first-order chi connectivity index (χ1) is 15.4. The maximum Gasteiger partial charge on any atom is 0.290 e. The van der Waals surface area contributed by atoms with E-state index in [2.05, 4.69) is 9.88 Å². The van der Waals surface area contributed by atoms with E-state index in [0.717, 1.165) is 45.2 Å². The highest BCUT2D eigenvalue weighted by Crippen LogP contribution is 2.40. The van der Waals surface area contributed by atoms with Crippen molar-refractivity contribution in [3.8, 4) is 16.9 Å². The Morgan fingerprint density at radius 2 is 1.62 bits per heavy atom. The van der Waals surface area contributed by atoms with Crippen molar-refractivity contribution in [2.45, 2.75) is 0 Å². The van der Waals surface area contributed by atoms with E-state index in [4.69, 9.17) is 34.8 Å². The van der Waals surface area contributed by atoms with Gasteiger partial charge in [0.2, 0.25) is 0 Å². The fourth-order valence-corrected chi connectivity index (χ4v) is 4.83. The van der Waals surface area contributed by atoms with Crippen LogP contribution in [0, 0.1) is 0 Å². The number of carbonyl (C=O) groups excluding carboxylic acids is 2. The van der Waals surface area contributed by atoms with Crippen molar-refractivity contribution in [2.75, 3.05) is 0 Å². The lowest BCUT2D eigenvalue weighted by Crippen LogP contribution is -2.17. The molecule has 0 radical (unpaired) electrons. The van der Waals surface area contributed by atoms with E-state index < -0.39 is 5.91 Å². The minimum Gasteiger partial charge on any atom is -0.309 e. The van der Waals surface area contributed by atoms with Crippen LogP contribution in [-0.2, 0) is 4.79 Å². The fraction of sp³-hybridized carbons (Fsp3) is 0. The third-order valence-corrected chi connectivity index (χ3v) is 6.91. The smallest absolute Gasteiger partial charge is 0.290 e. The number of benzene rings is 3. The Kier molecular flexibility index (Phi) is 5.51. The van der Waals surface area contributed by atoms with Crippen LogP contribution in [0.1, 0.15) is 5.56 Å². The van der Waals surface area contributed by atoms with Crippen molar-refractivity contribution in [1.82, 2.24) is 9.88 Å². The molecule has 0 saturated carbocycles. The molecule has 32 heavy (non-hydrogen) atoms. The van der Waals surface area contributed by atoms with Crippen LogP contribution in [-0.4, -0.2) is 15.7 Å². The Bertz CT molecular complexity index is 1440. The van der Waals surface area contributed by atoms with Gasteiger partial charge in [-0.1, -0.05) is 65.1 Å². The van der Waals surface area contributed by atoms with Crippen molar-refractivity contribution in [1.29, 1.82) is 0 Å². The van der Waals surface area contributed by atoms with Crippen LogP contribution in [0.2, 0.25) is 15.1 Å². The minimum absolute atomic E-state index is 0.335. The summed E-state index contributed by atoms with van der Waals surface area (Å²) in [6.07, 6.45) is 1.76. The Labute approximate surface area is 202 Å². The zero-order valence-electron chi connectivity index (χ0n) is 16.2. The number of halogens is 3. The average Bonchev–Trinajstić information content (AvgIpc) is 3.27. The van der Waals surface area contributed by atoms with Gasteiger partial charge in [0.1, 0.15) is 0 Å². The van der Waals surface area contributed by atoms with Gasteiger partial charge in [-0.05, 0) is 59.8 Å². The number of aromatic nitrogens is 1. The third-order valence-electron chi connectivity index (χ3n) is 5.11. The minimum atomic E-state index is -0.409. The van der Waals surface area contributed by atoms with Crippen LogP contribution in [0.3, 0.4) is 0 Å². The van der Waals surface area contributed by atoms with E-state index in [-0.39, 0.29) is 5.24 Å². The predicted octanol–water partition coefficient (Wildman–Crippen LogP) is 7.58. The summed E-state index contributed by atoms with van der Waals surface area (Å²) in [7, 11) is 0. The molecule has 4 nitrogen and oxygen atoms in total. The van der Waals surface area contributed by atoms with E-state index in [1.54, 1.807) is 18.2 Å². The van der Waals surface area contributed by atoms with Crippen molar-refractivity contribution >= 4 is 74.7 Å². The van der Waals surface area contributed by atoms with E-state index in [0.29, 0.717) is 20.0 Å². The monoisotopic (exact) mass is 498 g/mol. The predicted molar refractivity (Wildman–Crippen MR) is 133 cm³/mol. The Morgan fingerprint density at radius 1 is 0.875 bits per heavy atom. The molecule has 0 aliphatic carbocycles. The molecule has 1 aromatic heterocycles. The summed E-state index contributed by atoms with van der Waals surface area (Å²) in [6, 6.07) is 20.7. The lowest BCUT2D eigenvalue weighted by molar-refractivity contribution is -0.115. The van der Waals surface area contributed by atoms with Crippen LogP contribution in [0.15, 0.2) is 71.6 Å². The number of nitrogens with zero attached hydrogens (tertiary/aromatic N) is 1. The third kappa shape index (κ3) is 3.71. The second-order valence-electron chi connectivity index (χ2n) is 7.07. The lowest BCUT2D eigenvalue weighted by atomic mass is 10.0. The Hall–Kier alpha value is -2.70. The number of para-hydroxylation sites is 1. The summed E-state index contributed by atoms with van der Waals surface area (Å²) in [4.78, 5) is 24.4. The number of nitrogens with one attached hydrogen (secondary N) is 1. The topological polar surface area (TPSA) is 51.1 Å². The summed E-state index contributed by atoms with van der Waals surface area (Å²) in [5.41, 5.74) is 4.25. The summed E-state index contributed by atoms with van der Waals surface area (Å²) in [5.74, 6) is -0.409. The SMILES string of the molecule is O=C1NC(=O)/C(=C\c2c(-c3ccc(Cl)cc3)n(-c3ccc(Cl)c(Cl)c3)c3ccccc23)S1. The molecular formula is C24H13Cl3N2O2S. The second-order valence-corrected chi connectivity index (χ2v) is 9.34. The summed E-state index contributed by atoms with van der Waals surface area (Å²) in [6.45, 7) is 0. The highest BCUT2D eigenvalue weighted by Gasteiger charge is 2.27. The van der Waals surface area contributed by atoms with Crippen molar-refractivity contribution in [3.05, 3.63) is 92.3 Å². The number of carbonyl (C=O) groups is 2. The molecular weight excluding hydrogens is 487 g/mol. The molecule has 2 heterocycles. The van der Waals surface area contributed by atoms with E-state index >= 15 is 0 Å². The molecule has 0 spiro atoms. The van der Waals surface area contributed by atoms with Gasteiger partial charge in [0.25, 0.3) is 11.1 Å². The van der Waals surface area contributed by atoms with Gasteiger partial charge in [0.05, 0.1) is 26.2 Å². The van der Waals surface area contributed by atoms with Crippen LogP contribution in [0.25, 0.3) is 33.9 Å². The quantitative estimate of drug-likeness (QED) is 0.296. The van der Waals surface area contributed by atoms with Crippen molar-refractivity contribution < 1.29 is 9.59 Å². The van der Waals surface area contributed by atoms with Gasteiger partial charge in [0, 0.05) is 21.7 Å². The zero-order valence-corrected chi connectivity index (χ0v) is 19.3. The first-order valence-corrected chi connectivity index (χ1v) is 11.5. The van der Waals surface area contributed by atoms with Gasteiger partial charge in [-0.3, -0.25) is 14.9 Å². The standard InChI is InChI=1S/C24H13Cl3N2O2S/c25-14-7-5-13(6-8-14)22-17(12-21-23(30)28-24(31)32-21)16-3-1-2-4-20(16)29(22)15-9-10-18(26)19(27)11-15/h1-12H,(H,28,30,31)/b21-12+. The first kappa shape index (κ1) is 21.2. The first-order valence-electron chi connectivity index (χ1n) is 9.52. The van der Waals surface area contributed by atoms with E-state index in [1.807, 2.05) is 54.6 Å². The highest BCUT2D eigenvalue weighted by molar-refractivity contribution is 8.18. The molecule has 0 bridgehead atoms. The Morgan fingerprint density at radius 3 is 2.31 bits per heavy atom. The molecule has 158 valence electrons. The van der Waals surface area contributed by atoms with Crippen LogP contribution < -0.4 is 5.32 Å². The molecule has 3 aromatic carbocycles. The lowest BCUT2D eigenvalue weighted by Gasteiger charge is -2.13. The highest BCUT2D eigenvalue weighted by atomic mass is 35.5. The molecule has 2 amide bonds. The van der Waals surface area contributed by atoms with Gasteiger partial charge in [0.15, 0.2) is 0 Å². The summed E-state index contributed by atoms with van der Waals surface area (Å²) in [5, 5.41) is 4.35. The molecule has 1 N–H and O–H groups in total. The van der Waals surface area contributed by atoms with Crippen LogP contribution >= 0.6 is 46.6 Å². The van der Waals surface area contributed by atoms with Crippen LogP contribution in [0.4, 0.5) is 4.79 Å². The number of fused-ring (bicyclic) bond motifs is 1. The molecule has 1 aliphatic rings. The number of hydrogen-bond donors (Lipinski definition) is 1. The molecule has 8 heteroatoms. The number of thioether (sulfide) groups is 1. The number of imide groups is 1. The summed E-state index contributed by atoms with van der Waals surface area (Å²) >= 11 is 19.5. The average molecular weight is 500 g/mol.